The van der Waals surface area contributed by atoms with Crippen LogP contribution in [0.3, 0.4) is 0 Å². The van der Waals surface area contributed by atoms with Gasteiger partial charge in [0.1, 0.15) is 5.82 Å². The maximum atomic E-state index is 14.0. The third-order valence-electron chi connectivity index (χ3n) is 4.83. The number of nitrogens with one attached hydrogen (secondary N) is 2. The summed E-state index contributed by atoms with van der Waals surface area (Å²) in [6, 6.07) is 4.90. The highest BCUT2D eigenvalue weighted by Crippen LogP contribution is 2.32. The molecule has 2 N–H and O–H groups in total. The average molecular weight is 485 g/mol. The fourth-order valence-corrected chi connectivity index (χ4v) is 3.16. The zero-order valence-corrected chi connectivity index (χ0v) is 17.3. The normalized spacial score (nSPS) is 15.4. The first-order chi connectivity index (χ1) is 16.3. The molecule has 0 aliphatic carbocycles. The predicted octanol–water partition coefficient (Wildman–Crippen LogP) is 4.70. The molecule has 1 unspecified atom stereocenters. The SMILES string of the molecule is Fc1cccc(CNc2nc(NCC3CCCO3)nc(Oc3c(F)c(F)c(F)c(F)c3F)n2)c1. The molecular weight excluding hydrogens is 468 g/mol. The van der Waals surface area contributed by atoms with Crippen molar-refractivity contribution in [2.24, 2.45) is 0 Å². The maximum Gasteiger partial charge on any atom is 0.328 e. The number of benzene rings is 2. The molecule has 1 fully saturated rings. The summed E-state index contributed by atoms with van der Waals surface area (Å²) in [5.41, 5.74) is 0.525. The summed E-state index contributed by atoms with van der Waals surface area (Å²) in [5, 5.41) is 5.63. The molecule has 0 spiro atoms. The number of aromatic nitrogens is 3. The van der Waals surface area contributed by atoms with E-state index in [1.54, 1.807) is 6.07 Å². The molecule has 34 heavy (non-hydrogen) atoms. The fraction of sp³-hybridized carbons (Fsp3) is 0.286. The molecule has 2 aromatic carbocycles. The minimum absolute atomic E-state index is 0.0505. The van der Waals surface area contributed by atoms with Crippen molar-refractivity contribution >= 4 is 11.9 Å². The van der Waals surface area contributed by atoms with Crippen LogP contribution >= 0.6 is 0 Å². The Bertz CT molecular complexity index is 1160. The molecular formula is C21H17F6N5O2. The summed E-state index contributed by atoms with van der Waals surface area (Å²) in [4.78, 5) is 11.8. The van der Waals surface area contributed by atoms with E-state index in [0.29, 0.717) is 12.2 Å². The van der Waals surface area contributed by atoms with Crippen molar-refractivity contribution in [3.8, 4) is 11.8 Å². The van der Waals surface area contributed by atoms with Gasteiger partial charge in [-0.15, -0.1) is 0 Å². The van der Waals surface area contributed by atoms with Crippen LogP contribution in [0.4, 0.5) is 38.2 Å². The molecule has 180 valence electrons. The molecule has 0 radical (unpaired) electrons. The van der Waals surface area contributed by atoms with Crippen molar-refractivity contribution in [1.29, 1.82) is 0 Å². The molecule has 1 aliphatic heterocycles. The van der Waals surface area contributed by atoms with Gasteiger partial charge in [0.15, 0.2) is 0 Å². The molecule has 0 saturated carbocycles. The van der Waals surface area contributed by atoms with E-state index in [9.17, 15) is 26.3 Å². The number of nitrogens with zero attached hydrogens (tertiary/aromatic N) is 3. The maximum absolute atomic E-state index is 14.0. The minimum Gasteiger partial charge on any atom is -0.418 e. The first-order valence-electron chi connectivity index (χ1n) is 10.1. The van der Waals surface area contributed by atoms with Crippen LogP contribution in [0.15, 0.2) is 24.3 Å². The number of anilines is 2. The second-order valence-electron chi connectivity index (χ2n) is 7.27. The molecule has 2 heterocycles. The first kappa shape index (κ1) is 23.5. The molecule has 0 amide bonds. The monoisotopic (exact) mass is 485 g/mol. The molecule has 0 bridgehead atoms. The van der Waals surface area contributed by atoms with Gasteiger partial charge in [-0.2, -0.15) is 23.7 Å². The molecule has 1 aromatic heterocycles. The molecule has 13 heteroatoms. The lowest BCUT2D eigenvalue weighted by Gasteiger charge is -2.14. The van der Waals surface area contributed by atoms with Crippen LogP contribution in [-0.2, 0) is 11.3 Å². The van der Waals surface area contributed by atoms with Gasteiger partial charge in [-0.25, -0.2) is 17.6 Å². The highest BCUT2D eigenvalue weighted by atomic mass is 19.2. The van der Waals surface area contributed by atoms with E-state index < -0.39 is 46.7 Å². The third kappa shape index (κ3) is 5.30. The smallest absolute Gasteiger partial charge is 0.328 e. The summed E-state index contributed by atoms with van der Waals surface area (Å²) < 4.78 is 92.2. The van der Waals surface area contributed by atoms with Crippen LogP contribution in [0, 0.1) is 34.9 Å². The second-order valence-corrected chi connectivity index (χ2v) is 7.27. The Kier molecular flexibility index (Phi) is 7.01. The molecule has 1 atom stereocenters. The molecule has 7 nitrogen and oxygen atoms in total. The van der Waals surface area contributed by atoms with Crippen LogP contribution in [-0.4, -0.2) is 34.2 Å². The largest absolute Gasteiger partial charge is 0.418 e. The van der Waals surface area contributed by atoms with Crippen molar-refractivity contribution in [1.82, 2.24) is 15.0 Å². The van der Waals surface area contributed by atoms with Gasteiger partial charge in [0.05, 0.1) is 6.10 Å². The van der Waals surface area contributed by atoms with E-state index >= 15 is 0 Å². The lowest BCUT2D eigenvalue weighted by molar-refractivity contribution is 0.120. The quantitative estimate of drug-likeness (QED) is 0.272. The predicted molar refractivity (Wildman–Crippen MR) is 107 cm³/mol. The zero-order chi connectivity index (χ0) is 24.2. The molecule has 1 saturated heterocycles. The highest BCUT2D eigenvalue weighted by Gasteiger charge is 2.28. The number of hydrogen-bond acceptors (Lipinski definition) is 7. The Morgan fingerprint density at radius 3 is 2.21 bits per heavy atom. The van der Waals surface area contributed by atoms with Gasteiger partial charge in [0.2, 0.25) is 46.7 Å². The standard InChI is InChI=1S/C21H17F6N5O2/c22-11-4-1-3-10(7-11)8-28-19-30-20(29-9-12-5-2-6-33-12)32-21(31-19)34-18-16(26)14(24)13(23)15(25)17(18)27/h1,3-4,7,12H,2,5-6,8-9H2,(H2,28,29,30,31,32). The summed E-state index contributed by atoms with van der Waals surface area (Å²) in [7, 11) is 0. The molecule has 4 rings (SSSR count). The van der Waals surface area contributed by atoms with Crippen molar-refractivity contribution in [2.45, 2.75) is 25.5 Å². The number of hydrogen-bond donors (Lipinski definition) is 2. The van der Waals surface area contributed by atoms with Crippen molar-refractivity contribution in [3.63, 3.8) is 0 Å². The summed E-state index contributed by atoms with van der Waals surface area (Å²) in [6.07, 6.45) is 1.54. The van der Waals surface area contributed by atoms with Crippen LogP contribution in [0.2, 0.25) is 0 Å². The summed E-state index contributed by atoms with van der Waals surface area (Å²) in [6.45, 7) is 0.933. The zero-order valence-electron chi connectivity index (χ0n) is 17.3. The number of rotatable bonds is 8. The van der Waals surface area contributed by atoms with Crippen LogP contribution in [0.1, 0.15) is 18.4 Å². The van der Waals surface area contributed by atoms with E-state index in [1.807, 2.05) is 0 Å². The topological polar surface area (TPSA) is 81.2 Å². The van der Waals surface area contributed by atoms with Crippen molar-refractivity contribution in [3.05, 3.63) is 64.7 Å². The van der Waals surface area contributed by atoms with Gasteiger partial charge < -0.3 is 20.1 Å². The van der Waals surface area contributed by atoms with Gasteiger partial charge in [-0.3, -0.25) is 0 Å². The van der Waals surface area contributed by atoms with Gasteiger partial charge >= 0.3 is 6.01 Å². The number of ether oxygens (including phenoxy) is 2. The van der Waals surface area contributed by atoms with E-state index in [2.05, 4.69) is 25.6 Å². The van der Waals surface area contributed by atoms with E-state index in [-0.39, 0.29) is 31.1 Å². The molecule has 3 aromatic rings. The van der Waals surface area contributed by atoms with Gasteiger partial charge in [0, 0.05) is 19.7 Å². The van der Waals surface area contributed by atoms with Crippen LogP contribution in [0.5, 0.6) is 11.8 Å². The lowest BCUT2D eigenvalue weighted by Crippen LogP contribution is -2.20. The van der Waals surface area contributed by atoms with Crippen molar-refractivity contribution < 1.29 is 35.8 Å². The van der Waals surface area contributed by atoms with Crippen LogP contribution in [0.25, 0.3) is 0 Å². The summed E-state index contributed by atoms with van der Waals surface area (Å²) in [5.74, 6) is -13.3. The Hall–Kier alpha value is -3.61. The van der Waals surface area contributed by atoms with E-state index in [0.717, 1.165) is 12.8 Å². The fourth-order valence-electron chi connectivity index (χ4n) is 3.16. The Labute approximate surface area is 189 Å². The van der Waals surface area contributed by atoms with Crippen molar-refractivity contribution in [2.75, 3.05) is 23.8 Å². The Balaban J connectivity index is 1.61. The Morgan fingerprint density at radius 2 is 1.56 bits per heavy atom. The Morgan fingerprint density at radius 1 is 0.882 bits per heavy atom. The lowest BCUT2D eigenvalue weighted by atomic mass is 10.2. The summed E-state index contributed by atoms with van der Waals surface area (Å²) >= 11 is 0. The highest BCUT2D eigenvalue weighted by molar-refractivity contribution is 5.39. The third-order valence-corrected chi connectivity index (χ3v) is 4.83. The van der Waals surface area contributed by atoms with Gasteiger partial charge in [0.25, 0.3) is 0 Å². The van der Waals surface area contributed by atoms with Gasteiger partial charge in [-0.1, -0.05) is 12.1 Å². The average Bonchev–Trinajstić information content (AvgIpc) is 3.35. The second kappa shape index (κ2) is 10.1. The van der Waals surface area contributed by atoms with E-state index in [4.69, 9.17) is 9.47 Å². The van der Waals surface area contributed by atoms with E-state index in [1.165, 1.54) is 18.2 Å². The first-order valence-corrected chi connectivity index (χ1v) is 10.1. The molecule has 1 aliphatic rings. The van der Waals surface area contributed by atoms with Gasteiger partial charge in [-0.05, 0) is 30.5 Å². The van der Waals surface area contributed by atoms with Crippen LogP contribution < -0.4 is 15.4 Å². The minimum atomic E-state index is -2.32. The number of halogens is 6.